The lowest BCUT2D eigenvalue weighted by Gasteiger charge is -2.16. The number of hydrogen-bond acceptors (Lipinski definition) is 2. The van der Waals surface area contributed by atoms with Gasteiger partial charge < -0.3 is 15.0 Å². The number of carbonyl (C=O) groups excluding carboxylic acids is 1. The van der Waals surface area contributed by atoms with E-state index in [-0.39, 0.29) is 17.5 Å². The number of rotatable bonds is 3. The van der Waals surface area contributed by atoms with E-state index in [0.29, 0.717) is 15.8 Å². The Bertz CT molecular complexity index is 1030. The molecule has 0 bridgehead atoms. The van der Waals surface area contributed by atoms with E-state index in [4.69, 9.17) is 27.9 Å². The Labute approximate surface area is 161 Å². The van der Waals surface area contributed by atoms with Gasteiger partial charge >= 0.3 is 0 Å². The summed E-state index contributed by atoms with van der Waals surface area (Å²) in [5.74, 6) is 0.0271. The van der Waals surface area contributed by atoms with Crippen molar-refractivity contribution >= 4 is 40.0 Å². The second kappa shape index (κ2) is 6.53. The third-order valence-corrected chi connectivity index (χ3v) is 5.49. The topological polar surface area (TPSA) is 54.1 Å². The van der Waals surface area contributed by atoms with Crippen molar-refractivity contribution in [3.63, 3.8) is 0 Å². The predicted octanol–water partition coefficient (Wildman–Crippen LogP) is 4.69. The second-order valence-electron chi connectivity index (χ2n) is 6.65. The van der Waals surface area contributed by atoms with Gasteiger partial charge in [-0.25, -0.2) is 0 Å². The summed E-state index contributed by atoms with van der Waals surface area (Å²) in [4.78, 5) is 16.3. The van der Waals surface area contributed by atoms with Gasteiger partial charge in [0.25, 0.3) is 5.91 Å². The summed E-state index contributed by atoms with van der Waals surface area (Å²) < 4.78 is 5.28. The summed E-state index contributed by atoms with van der Waals surface area (Å²) in [7, 11) is 1.48. The van der Waals surface area contributed by atoms with Gasteiger partial charge in [-0.15, -0.1) is 0 Å². The smallest absolute Gasteiger partial charge is 0.256 e. The first-order chi connectivity index (χ1) is 12.5. The first-order valence-corrected chi connectivity index (χ1v) is 9.16. The molecule has 1 aliphatic rings. The van der Waals surface area contributed by atoms with Crippen LogP contribution in [0.4, 0.5) is 0 Å². The Morgan fingerprint density at radius 2 is 1.96 bits per heavy atom. The number of H-pyrrole nitrogens is 1. The number of aromatic amines is 1. The Morgan fingerprint density at radius 3 is 2.73 bits per heavy atom. The molecule has 0 fully saturated rings. The van der Waals surface area contributed by atoms with Crippen LogP contribution in [0, 0.1) is 6.92 Å². The Balaban J connectivity index is 1.59. The third kappa shape index (κ3) is 2.83. The molecule has 1 amide bonds. The molecule has 4 rings (SSSR count). The van der Waals surface area contributed by atoms with Crippen molar-refractivity contribution in [1.82, 2.24) is 10.3 Å². The molecule has 1 atom stereocenters. The third-order valence-electron chi connectivity index (χ3n) is 4.88. The molecule has 134 valence electrons. The molecule has 0 radical (unpaired) electrons. The van der Waals surface area contributed by atoms with E-state index in [9.17, 15) is 4.79 Å². The van der Waals surface area contributed by atoms with E-state index in [2.05, 4.69) is 35.4 Å². The molecule has 0 saturated carbocycles. The fraction of sp³-hybridized carbons (Fsp3) is 0.250. The number of nitrogens with one attached hydrogen (secondary N) is 2. The maximum Gasteiger partial charge on any atom is 0.256 e. The Kier molecular flexibility index (Phi) is 4.33. The summed E-state index contributed by atoms with van der Waals surface area (Å²) >= 11 is 12.3. The van der Waals surface area contributed by atoms with Crippen LogP contribution < -0.4 is 10.1 Å². The number of hydrogen-bond donors (Lipinski definition) is 2. The normalized spacial score (nSPS) is 15.9. The number of ether oxygens (including phenoxy) is 1. The van der Waals surface area contributed by atoms with Gasteiger partial charge in [-0.05, 0) is 43.2 Å². The SMILES string of the molecule is COc1c(Cl)ccc(Cl)c1C(=O)NC1Cc2[nH]c3ccc(C)cc3c2C1. The molecule has 0 saturated heterocycles. The van der Waals surface area contributed by atoms with Crippen LogP contribution in [0.15, 0.2) is 30.3 Å². The van der Waals surface area contributed by atoms with Gasteiger partial charge in [0.15, 0.2) is 5.75 Å². The second-order valence-corrected chi connectivity index (χ2v) is 7.46. The molecule has 6 heteroatoms. The largest absolute Gasteiger partial charge is 0.494 e. The number of aromatic nitrogens is 1. The van der Waals surface area contributed by atoms with Crippen LogP contribution in [-0.4, -0.2) is 24.0 Å². The summed E-state index contributed by atoms with van der Waals surface area (Å²) in [6.45, 7) is 2.08. The highest BCUT2D eigenvalue weighted by Gasteiger charge is 2.28. The van der Waals surface area contributed by atoms with E-state index in [1.54, 1.807) is 12.1 Å². The van der Waals surface area contributed by atoms with Gasteiger partial charge in [0, 0.05) is 29.1 Å². The zero-order valence-electron chi connectivity index (χ0n) is 14.5. The fourth-order valence-corrected chi connectivity index (χ4v) is 4.16. The average molecular weight is 389 g/mol. The van der Waals surface area contributed by atoms with E-state index in [0.717, 1.165) is 18.4 Å². The maximum absolute atomic E-state index is 12.8. The molecular weight excluding hydrogens is 371 g/mol. The number of aryl methyl sites for hydroxylation is 1. The first-order valence-electron chi connectivity index (χ1n) is 8.41. The van der Waals surface area contributed by atoms with Gasteiger partial charge in [-0.2, -0.15) is 0 Å². The number of amides is 1. The van der Waals surface area contributed by atoms with E-state index in [1.165, 1.54) is 29.3 Å². The molecule has 1 aromatic heterocycles. The first kappa shape index (κ1) is 17.3. The molecule has 26 heavy (non-hydrogen) atoms. The number of fused-ring (bicyclic) bond motifs is 3. The van der Waals surface area contributed by atoms with Crippen molar-refractivity contribution in [2.45, 2.75) is 25.8 Å². The van der Waals surface area contributed by atoms with E-state index >= 15 is 0 Å². The van der Waals surface area contributed by atoms with Crippen molar-refractivity contribution in [2.24, 2.45) is 0 Å². The minimum absolute atomic E-state index is 0.00779. The lowest BCUT2D eigenvalue weighted by molar-refractivity contribution is 0.0935. The number of halogens is 2. The van der Waals surface area contributed by atoms with Crippen molar-refractivity contribution in [1.29, 1.82) is 0 Å². The van der Waals surface area contributed by atoms with Crippen molar-refractivity contribution in [3.05, 3.63) is 62.8 Å². The zero-order chi connectivity index (χ0) is 18.4. The Hall–Kier alpha value is -2.17. The fourth-order valence-electron chi connectivity index (χ4n) is 3.69. The molecule has 0 spiro atoms. The minimum atomic E-state index is -0.273. The number of carbonyl (C=O) groups is 1. The summed E-state index contributed by atoms with van der Waals surface area (Å²) in [6.07, 6.45) is 1.54. The molecule has 1 aliphatic carbocycles. The molecule has 0 aliphatic heterocycles. The Morgan fingerprint density at radius 1 is 1.19 bits per heavy atom. The van der Waals surface area contributed by atoms with Gasteiger partial charge in [0.1, 0.15) is 5.56 Å². The lowest BCUT2D eigenvalue weighted by Crippen LogP contribution is -2.35. The number of methoxy groups -OCH3 is 1. The van der Waals surface area contributed by atoms with E-state index < -0.39 is 0 Å². The highest BCUT2D eigenvalue weighted by Crippen LogP contribution is 2.35. The maximum atomic E-state index is 12.8. The van der Waals surface area contributed by atoms with Crippen LogP contribution in [0.1, 0.15) is 27.2 Å². The minimum Gasteiger partial charge on any atom is -0.494 e. The van der Waals surface area contributed by atoms with Crippen LogP contribution in [0.25, 0.3) is 10.9 Å². The quantitative estimate of drug-likeness (QED) is 0.683. The van der Waals surface area contributed by atoms with Crippen molar-refractivity contribution < 1.29 is 9.53 Å². The van der Waals surface area contributed by atoms with Crippen LogP contribution in [0.5, 0.6) is 5.75 Å². The summed E-state index contributed by atoms with van der Waals surface area (Å²) in [5, 5.41) is 4.98. The van der Waals surface area contributed by atoms with Crippen LogP contribution >= 0.6 is 23.2 Å². The lowest BCUT2D eigenvalue weighted by atomic mass is 10.1. The molecule has 4 nitrogen and oxygen atoms in total. The molecule has 3 aromatic rings. The monoisotopic (exact) mass is 388 g/mol. The van der Waals surface area contributed by atoms with Gasteiger partial charge in [-0.1, -0.05) is 34.8 Å². The van der Waals surface area contributed by atoms with Crippen LogP contribution in [-0.2, 0) is 12.8 Å². The van der Waals surface area contributed by atoms with Gasteiger partial charge in [0.2, 0.25) is 0 Å². The molecular formula is C20H18Cl2N2O2. The zero-order valence-corrected chi connectivity index (χ0v) is 16.0. The highest BCUT2D eigenvalue weighted by molar-refractivity contribution is 6.37. The molecule has 1 heterocycles. The average Bonchev–Trinajstić information content (AvgIpc) is 3.13. The van der Waals surface area contributed by atoms with Gasteiger partial charge in [0.05, 0.1) is 17.2 Å². The highest BCUT2D eigenvalue weighted by atomic mass is 35.5. The number of benzene rings is 2. The molecule has 1 unspecified atom stereocenters. The van der Waals surface area contributed by atoms with Crippen molar-refractivity contribution in [3.8, 4) is 5.75 Å². The van der Waals surface area contributed by atoms with Crippen molar-refractivity contribution in [2.75, 3.05) is 7.11 Å². The van der Waals surface area contributed by atoms with E-state index in [1.807, 2.05) is 0 Å². The molecule has 2 N–H and O–H groups in total. The van der Waals surface area contributed by atoms with Gasteiger partial charge in [-0.3, -0.25) is 4.79 Å². The predicted molar refractivity (Wildman–Crippen MR) is 105 cm³/mol. The summed E-state index contributed by atoms with van der Waals surface area (Å²) in [5.41, 5.74) is 5.10. The van der Waals surface area contributed by atoms with Crippen LogP contribution in [0.2, 0.25) is 10.0 Å². The van der Waals surface area contributed by atoms with Crippen LogP contribution in [0.3, 0.4) is 0 Å². The summed E-state index contributed by atoms with van der Waals surface area (Å²) in [6, 6.07) is 9.62. The molecule has 2 aromatic carbocycles. The standard InChI is InChI=1S/C20H18Cl2N2O2/c1-10-3-6-16-12(7-10)13-8-11(9-17(13)24-16)23-20(25)18-14(21)4-5-15(22)19(18)26-2/h3-7,11,24H,8-9H2,1-2H3,(H,23,25).